The van der Waals surface area contributed by atoms with Crippen molar-refractivity contribution in [3.05, 3.63) is 0 Å². The van der Waals surface area contributed by atoms with E-state index in [-0.39, 0.29) is 6.54 Å². The third-order valence-electron chi connectivity index (χ3n) is 6.48. The standard InChI is InChI=1S/C28H59N3O2/c1-3-5-7-9-11-13-15-17-19-21-29-23-25-31(27-28(32)33)26-24-30-22-20-18-16-14-12-10-8-6-4-2/h29-30H,3-27H2,1-2H3,(H,32,33). The molecule has 0 spiro atoms. The SMILES string of the molecule is CCCCCCCCCCCNCCN(CCNCCCCCCCCCCC)CC(=O)O. The Morgan fingerprint density at radius 3 is 1.21 bits per heavy atom. The van der Waals surface area contributed by atoms with E-state index in [0.717, 1.165) is 39.3 Å². The lowest BCUT2D eigenvalue weighted by molar-refractivity contribution is -0.138. The zero-order valence-corrected chi connectivity index (χ0v) is 22.5. The van der Waals surface area contributed by atoms with Crippen LogP contribution in [-0.4, -0.2) is 61.8 Å². The van der Waals surface area contributed by atoms with Crippen molar-refractivity contribution in [3.63, 3.8) is 0 Å². The molecular weight excluding hydrogens is 410 g/mol. The van der Waals surface area contributed by atoms with Gasteiger partial charge in [-0.1, -0.05) is 117 Å². The van der Waals surface area contributed by atoms with Crippen molar-refractivity contribution < 1.29 is 9.90 Å². The van der Waals surface area contributed by atoms with Crippen LogP contribution in [0.2, 0.25) is 0 Å². The Balaban J connectivity index is 3.52. The van der Waals surface area contributed by atoms with Gasteiger partial charge in [0.1, 0.15) is 0 Å². The van der Waals surface area contributed by atoms with Gasteiger partial charge >= 0.3 is 5.97 Å². The van der Waals surface area contributed by atoms with Crippen LogP contribution >= 0.6 is 0 Å². The average Bonchev–Trinajstić information content (AvgIpc) is 2.80. The molecule has 0 heterocycles. The van der Waals surface area contributed by atoms with Crippen LogP contribution in [0.3, 0.4) is 0 Å². The van der Waals surface area contributed by atoms with Crippen molar-refractivity contribution in [1.29, 1.82) is 0 Å². The van der Waals surface area contributed by atoms with Gasteiger partial charge in [0.25, 0.3) is 0 Å². The van der Waals surface area contributed by atoms with Crippen LogP contribution in [-0.2, 0) is 4.79 Å². The molecule has 198 valence electrons. The highest BCUT2D eigenvalue weighted by molar-refractivity contribution is 5.69. The molecule has 0 saturated heterocycles. The van der Waals surface area contributed by atoms with Crippen LogP contribution in [0.25, 0.3) is 0 Å². The van der Waals surface area contributed by atoms with Crippen LogP contribution in [0.4, 0.5) is 0 Å². The number of carboxylic acid groups (broad SMARTS) is 1. The number of aliphatic carboxylic acids is 1. The Kier molecular flexibility index (Phi) is 27.0. The number of rotatable bonds is 28. The van der Waals surface area contributed by atoms with Gasteiger partial charge < -0.3 is 15.7 Å². The maximum absolute atomic E-state index is 11.2. The Morgan fingerprint density at radius 2 is 0.879 bits per heavy atom. The normalized spacial score (nSPS) is 11.5. The Bertz CT molecular complexity index is 365. The highest BCUT2D eigenvalue weighted by Crippen LogP contribution is 2.10. The minimum absolute atomic E-state index is 0.138. The van der Waals surface area contributed by atoms with Gasteiger partial charge in [-0.15, -0.1) is 0 Å². The van der Waals surface area contributed by atoms with Crippen molar-refractivity contribution in [1.82, 2.24) is 15.5 Å². The molecule has 0 rings (SSSR count). The third-order valence-corrected chi connectivity index (χ3v) is 6.48. The molecule has 0 aliphatic carbocycles. The molecule has 0 aromatic carbocycles. The summed E-state index contributed by atoms with van der Waals surface area (Å²) in [6.45, 7) is 10.1. The summed E-state index contributed by atoms with van der Waals surface area (Å²) in [6.07, 6.45) is 24.4. The summed E-state index contributed by atoms with van der Waals surface area (Å²) in [4.78, 5) is 13.2. The number of hydrogen-bond acceptors (Lipinski definition) is 4. The van der Waals surface area contributed by atoms with Crippen molar-refractivity contribution in [2.75, 3.05) is 45.8 Å². The van der Waals surface area contributed by atoms with Gasteiger partial charge in [-0.25, -0.2) is 0 Å². The molecule has 0 fully saturated rings. The predicted molar refractivity (Wildman–Crippen MR) is 144 cm³/mol. The largest absolute Gasteiger partial charge is 0.480 e. The molecular formula is C28H59N3O2. The van der Waals surface area contributed by atoms with Crippen LogP contribution < -0.4 is 10.6 Å². The zero-order valence-electron chi connectivity index (χ0n) is 22.5. The van der Waals surface area contributed by atoms with E-state index in [1.165, 1.54) is 116 Å². The molecule has 0 saturated carbocycles. The first kappa shape index (κ1) is 32.4. The minimum atomic E-state index is -0.729. The van der Waals surface area contributed by atoms with E-state index in [1.807, 2.05) is 0 Å². The first-order valence-corrected chi connectivity index (χ1v) is 14.6. The fraction of sp³-hybridized carbons (Fsp3) is 0.964. The van der Waals surface area contributed by atoms with Gasteiger partial charge in [0.15, 0.2) is 0 Å². The minimum Gasteiger partial charge on any atom is -0.480 e. The summed E-state index contributed by atoms with van der Waals surface area (Å²) in [6, 6.07) is 0. The molecule has 33 heavy (non-hydrogen) atoms. The van der Waals surface area contributed by atoms with Crippen molar-refractivity contribution in [3.8, 4) is 0 Å². The third kappa shape index (κ3) is 27.5. The average molecular weight is 470 g/mol. The zero-order chi connectivity index (χ0) is 24.2. The van der Waals surface area contributed by atoms with Gasteiger partial charge in [-0.05, 0) is 25.9 Å². The van der Waals surface area contributed by atoms with Gasteiger partial charge in [-0.3, -0.25) is 9.69 Å². The highest BCUT2D eigenvalue weighted by Gasteiger charge is 2.08. The second-order valence-corrected chi connectivity index (χ2v) is 9.83. The van der Waals surface area contributed by atoms with E-state index >= 15 is 0 Å². The molecule has 0 radical (unpaired) electrons. The predicted octanol–water partition coefficient (Wildman–Crippen LogP) is 6.61. The molecule has 0 bridgehead atoms. The van der Waals surface area contributed by atoms with Gasteiger partial charge in [0, 0.05) is 26.2 Å². The molecule has 0 aromatic heterocycles. The number of nitrogens with one attached hydrogen (secondary N) is 2. The van der Waals surface area contributed by atoms with E-state index in [0.29, 0.717) is 0 Å². The van der Waals surface area contributed by atoms with Crippen LogP contribution in [0.1, 0.15) is 129 Å². The fourth-order valence-corrected chi connectivity index (χ4v) is 4.31. The van der Waals surface area contributed by atoms with E-state index in [1.54, 1.807) is 0 Å². The smallest absolute Gasteiger partial charge is 0.317 e. The monoisotopic (exact) mass is 469 g/mol. The van der Waals surface area contributed by atoms with Gasteiger partial charge in [0.2, 0.25) is 0 Å². The van der Waals surface area contributed by atoms with Crippen LogP contribution in [0, 0.1) is 0 Å². The summed E-state index contributed by atoms with van der Waals surface area (Å²) in [7, 11) is 0. The van der Waals surface area contributed by atoms with Crippen molar-refractivity contribution >= 4 is 5.97 Å². The maximum Gasteiger partial charge on any atom is 0.317 e. The molecule has 0 amide bonds. The van der Waals surface area contributed by atoms with Crippen LogP contribution in [0.15, 0.2) is 0 Å². The molecule has 0 aromatic rings. The van der Waals surface area contributed by atoms with Gasteiger partial charge in [0.05, 0.1) is 6.54 Å². The van der Waals surface area contributed by atoms with Gasteiger partial charge in [-0.2, -0.15) is 0 Å². The van der Waals surface area contributed by atoms with E-state index < -0.39 is 5.97 Å². The van der Waals surface area contributed by atoms with Crippen molar-refractivity contribution in [2.24, 2.45) is 0 Å². The van der Waals surface area contributed by atoms with Crippen LogP contribution in [0.5, 0.6) is 0 Å². The molecule has 0 atom stereocenters. The summed E-state index contributed by atoms with van der Waals surface area (Å²) >= 11 is 0. The van der Waals surface area contributed by atoms with E-state index in [2.05, 4.69) is 29.4 Å². The quantitative estimate of drug-likeness (QED) is 0.112. The number of nitrogens with zero attached hydrogens (tertiary/aromatic N) is 1. The lowest BCUT2D eigenvalue weighted by atomic mass is 10.1. The molecule has 0 unspecified atom stereocenters. The Labute approximate surface area is 206 Å². The molecule has 0 aliphatic heterocycles. The topological polar surface area (TPSA) is 64.6 Å². The highest BCUT2D eigenvalue weighted by atomic mass is 16.4. The Hall–Kier alpha value is -0.650. The molecule has 0 aliphatic rings. The number of carboxylic acids is 1. The lowest BCUT2D eigenvalue weighted by Gasteiger charge is -2.20. The molecule has 5 heteroatoms. The summed E-state index contributed by atoms with van der Waals surface area (Å²) in [5.74, 6) is -0.729. The molecule has 5 nitrogen and oxygen atoms in total. The summed E-state index contributed by atoms with van der Waals surface area (Å²) < 4.78 is 0. The van der Waals surface area contributed by atoms with E-state index in [4.69, 9.17) is 0 Å². The number of hydrogen-bond donors (Lipinski definition) is 3. The fourth-order valence-electron chi connectivity index (χ4n) is 4.31. The number of carbonyl (C=O) groups is 1. The second-order valence-electron chi connectivity index (χ2n) is 9.83. The Morgan fingerprint density at radius 1 is 0.545 bits per heavy atom. The van der Waals surface area contributed by atoms with E-state index in [9.17, 15) is 9.90 Å². The maximum atomic E-state index is 11.2. The number of unbranched alkanes of at least 4 members (excludes halogenated alkanes) is 16. The molecule has 3 N–H and O–H groups in total. The first-order valence-electron chi connectivity index (χ1n) is 14.6. The van der Waals surface area contributed by atoms with Crippen molar-refractivity contribution in [2.45, 2.75) is 129 Å². The first-order chi connectivity index (χ1) is 16.2. The second kappa shape index (κ2) is 27.6. The lowest BCUT2D eigenvalue weighted by Crippen LogP contribution is -2.40. The summed E-state index contributed by atoms with van der Waals surface area (Å²) in [5, 5.41) is 16.2. The summed E-state index contributed by atoms with van der Waals surface area (Å²) in [5.41, 5.74) is 0.